The Kier molecular flexibility index (Phi) is 4.20. The van der Waals surface area contributed by atoms with Crippen molar-refractivity contribution in [1.82, 2.24) is 4.98 Å². The normalized spacial score (nSPS) is 9.65. The Hall–Kier alpha value is -2.56. The van der Waals surface area contributed by atoms with Crippen LogP contribution < -0.4 is 11.1 Å². The van der Waals surface area contributed by atoms with E-state index in [1.54, 1.807) is 0 Å². The van der Waals surface area contributed by atoms with Gasteiger partial charge in [0, 0.05) is 0 Å². The quantitative estimate of drug-likeness (QED) is 0.489. The van der Waals surface area contributed by atoms with Gasteiger partial charge in [0.25, 0.3) is 5.91 Å². The number of phenols is 2. The standard InChI is InChI=1S/C13H11N3O3S/c14-6-2-3-8-7-15-13(20-8)16-12(19)9-4-1-5-10(17)11(9)18/h1,4-5,7,17-18H,6,14H2,(H,15,16,19). The SMILES string of the molecule is NCC#Cc1cnc(NC(=O)c2cccc(O)c2O)s1. The molecular formula is C13H11N3O3S. The molecule has 0 saturated heterocycles. The van der Waals surface area contributed by atoms with Gasteiger partial charge in [-0.1, -0.05) is 29.2 Å². The summed E-state index contributed by atoms with van der Waals surface area (Å²) in [7, 11) is 0. The molecule has 0 aliphatic carbocycles. The number of rotatable bonds is 2. The maximum atomic E-state index is 11.9. The van der Waals surface area contributed by atoms with Crippen LogP contribution in [0.3, 0.4) is 0 Å². The van der Waals surface area contributed by atoms with Gasteiger partial charge in [0.15, 0.2) is 16.6 Å². The molecule has 0 atom stereocenters. The van der Waals surface area contributed by atoms with E-state index in [4.69, 9.17) is 5.73 Å². The summed E-state index contributed by atoms with van der Waals surface area (Å²) >= 11 is 1.19. The number of hydrogen-bond acceptors (Lipinski definition) is 6. The molecule has 0 saturated carbocycles. The number of hydrogen-bond donors (Lipinski definition) is 4. The van der Waals surface area contributed by atoms with Crippen molar-refractivity contribution in [3.05, 3.63) is 34.8 Å². The van der Waals surface area contributed by atoms with Crippen LogP contribution in [0, 0.1) is 11.8 Å². The van der Waals surface area contributed by atoms with E-state index in [0.29, 0.717) is 10.0 Å². The number of nitrogens with one attached hydrogen (secondary N) is 1. The lowest BCUT2D eigenvalue weighted by molar-refractivity contribution is 0.102. The Balaban J connectivity index is 2.15. The second-order valence-corrected chi connectivity index (χ2v) is 4.69. The minimum absolute atomic E-state index is 0.0326. The molecule has 102 valence electrons. The molecule has 6 nitrogen and oxygen atoms in total. The molecule has 5 N–H and O–H groups in total. The number of carbonyl (C=O) groups is 1. The fourth-order valence-corrected chi connectivity index (χ4v) is 2.09. The van der Waals surface area contributed by atoms with Crippen LogP contribution in [0.15, 0.2) is 24.4 Å². The molecule has 0 fully saturated rings. The van der Waals surface area contributed by atoms with Gasteiger partial charge in [-0.3, -0.25) is 10.1 Å². The largest absolute Gasteiger partial charge is 0.504 e. The minimum atomic E-state index is -0.564. The Morgan fingerprint density at radius 3 is 3.00 bits per heavy atom. The van der Waals surface area contributed by atoms with Gasteiger partial charge in [-0.25, -0.2) is 4.98 Å². The van der Waals surface area contributed by atoms with Gasteiger partial charge in [0.1, 0.15) is 0 Å². The van der Waals surface area contributed by atoms with E-state index < -0.39 is 11.7 Å². The first-order valence-corrected chi connectivity index (χ1v) is 6.40. The number of benzene rings is 1. The summed E-state index contributed by atoms with van der Waals surface area (Å²) in [5, 5.41) is 21.8. The molecule has 1 aromatic heterocycles. The molecule has 0 radical (unpaired) electrons. The lowest BCUT2D eigenvalue weighted by Crippen LogP contribution is -2.11. The highest BCUT2D eigenvalue weighted by atomic mass is 32.1. The van der Waals surface area contributed by atoms with Crippen LogP contribution in [0.2, 0.25) is 0 Å². The van der Waals surface area contributed by atoms with Crippen molar-refractivity contribution in [2.75, 3.05) is 11.9 Å². The predicted molar refractivity (Wildman–Crippen MR) is 75.8 cm³/mol. The maximum absolute atomic E-state index is 11.9. The number of aromatic nitrogens is 1. The molecule has 1 aromatic carbocycles. The van der Waals surface area contributed by atoms with E-state index in [0.717, 1.165) is 0 Å². The van der Waals surface area contributed by atoms with E-state index in [9.17, 15) is 15.0 Å². The number of thiazole rings is 1. The topological polar surface area (TPSA) is 108 Å². The van der Waals surface area contributed by atoms with Gasteiger partial charge < -0.3 is 15.9 Å². The number of aromatic hydroxyl groups is 2. The molecule has 0 spiro atoms. The average Bonchev–Trinajstić information content (AvgIpc) is 2.87. The molecule has 7 heteroatoms. The monoisotopic (exact) mass is 289 g/mol. The van der Waals surface area contributed by atoms with E-state index >= 15 is 0 Å². The third kappa shape index (κ3) is 3.06. The zero-order valence-electron chi connectivity index (χ0n) is 10.3. The van der Waals surface area contributed by atoms with Crippen LogP contribution in [-0.4, -0.2) is 27.6 Å². The Morgan fingerprint density at radius 2 is 2.25 bits per heavy atom. The van der Waals surface area contributed by atoms with Crippen LogP contribution in [-0.2, 0) is 0 Å². The molecule has 1 heterocycles. The Bertz CT molecular complexity index is 700. The van der Waals surface area contributed by atoms with Crippen LogP contribution in [0.1, 0.15) is 15.2 Å². The van der Waals surface area contributed by atoms with Crippen LogP contribution >= 0.6 is 11.3 Å². The first-order chi connectivity index (χ1) is 9.61. The zero-order valence-corrected chi connectivity index (χ0v) is 11.1. The lowest BCUT2D eigenvalue weighted by Gasteiger charge is -2.05. The lowest BCUT2D eigenvalue weighted by atomic mass is 10.2. The summed E-state index contributed by atoms with van der Waals surface area (Å²) in [6.45, 7) is 0.247. The fraction of sp³-hybridized carbons (Fsp3) is 0.0769. The fourth-order valence-electron chi connectivity index (χ4n) is 1.41. The molecule has 0 bridgehead atoms. The molecule has 0 unspecified atom stereocenters. The van der Waals surface area contributed by atoms with Crippen molar-refractivity contribution in [1.29, 1.82) is 0 Å². The van der Waals surface area contributed by atoms with Gasteiger partial charge in [-0.15, -0.1) is 0 Å². The molecule has 0 aliphatic heterocycles. The van der Waals surface area contributed by atoms with Crippen LogP contribution in [0.5, 0.6) is 11.5 Å². The summed E-state index contributed by atoms with van der Waals surface area (Å²) in [6.07, 6.45) is 1.52. The van der Waals surface area contributed by atoms with E-state index in [2.05, 4.69) is 22.1 Å². The van der Waals surface area contributed by atoms with Gasteiger partial charge in [0.05, 0.1) is 23.2 Å². The average molecular weight is 289 g/mol. The number of amides is 1. The minimum Gasteiger partial charge on any atom is -0.504 e. The number of anilines is 1. The smallest absolute Gasteiger partial charge is 0.261 e. The highest BCUT2D eigenvalue weighted by Gasteiger charge is 2.15. The molecule has 2 rings (SSSR count). The van der Waals surface area contributed by atoms with Crippen LogP contribution in [0.4, 0.5) is 5.13 Å². The van der Waals surface area contributed by atoms with Gasteiger partial charge in [0.2, 0.25) is 0 Å². The van der Waals surface area contributed by atoms with Crippen molar-refractivity contribution >= 4 is 22.4 Å². The number of para-hydroxylation sites is 1. The zero-order chi connectivity index (χ0) is 14.5. The van der Waals surface area contributed by atoms with Gasteiger partial charge in [-0.2, -0.15) is 0 Å². The summed E-state index contributed by atoms with van der Waals surface area (Å²) in [4.78, 5) is 16.6. The molecule has 0 aliphatic rings. The first-order valence-electron chi connectivity index (χ1n) is 5.59. The van der Waals surface area contributed by atoms with E-state index in [1.165, 1.54) is 35.7 Å². The van der Waals surface area contributed by atoms with E-state index in [-0.39, 0.29) is 17.9 Å². The van der Waals surface area contributed by atoms with Gasteiger partial charge >= 0.3 is 0 Å². The predicted octanol–water partition coefficient (Wildman–Crippen LogP) is 1.12. The van der Waals surface area contributed by atoms with E-state index in [1.807, 2.05) is 0 Å². The molecule has 1 amide bonds. The number of carbonyl (C=O) groups excluding carboxylic acids is 1. The van der Waals surface area contributed by atoms with Crippen molar-refractivity contribution in [3.8, 4) is 23.3 Å². The number of nitrogens with zero attached hydrogens (tertiary/aromatic N) is 1. The van der Waals surface area contributed by atoms with Gasteiger partial charge in [-0.05, 0) is 12.1 Å². The van der Waals surface area contributed by atoms with Crippen molar-refractivity contribution in [2.24, 2.45) is 5.73 Å². The summed E-state index contributed by atoms with van der Waals surface area (Å²) < 4.78 is 0. The first kappa shape index (κ1) is 13.9. The Morgan fingerprint density at radius 1 is 1.45 bits per heavy atom. The summed E-state index contributed by atoms with van der Waals surface area (Å²) in [5.74, 6) is 4.09. The second-order valence-electron chi connectivity index (χ2n) is 3.66. The third-order valence-electron chi connectivity index (χ3n) is 2.30. The van der Waals surface area contributed by atoms with Crippen molar-refractivity contribution < 1.29 is 15.0 Å². The number of phenolic OH excluding ortho intramolecular Hbond substituents is 2. The summed E-state index contributed by atoms with van der Waals surface area (Å²) in [6, 6.07) is 4.15. The number of nitrogens with two attached hydrogens (primary N) is 1. The summed E-state index contributed by atoms with van der Waals surface area (Å²) in [5.41, 5.74) is 5.23. The van der Waals surface area contributed by atoms with Crippen LogP contribution in [0.25, 0.3) is 0 Å². The second kappa shape index (κ2) is 6.06. The molecule has 2 aromatic rings. The van der Waals surface area contributed by atoms with Crippen molar-refractivity contribution in [2.45, 2.75) is 0 Å². The Labute approximate surface area is 118 Å². The highest BCUT2D eigenvalue weighted by Crippen LogP contribution is 2.29. The molecule has 20 heavy (non-hydrogen) atoms. The molecular weight excluding hydrogens is 278 g/mol. The van der Waals surface area contributed by atoms with Crippen molar-refractivity contribution in [3.63, 3.8) is 0 Å². The highest BCUT2D eigenvalue weighted by molar-refractivity contribution is 7.16. The third-order valence-corrected chi connectivity index (χ3v) is 3.13. The maximum Gasteiger partial charge on any atom is 0.261 e.